The second-order valence-corrected chi connectivity index (χ2v) is 9.57. The van der Waals surface area contributed by atoms with Crippen LogP contribution in [-0.4, -0.2) is 35.8 Å². The summed E-state index contributed by atoms with van der Waals surface area (Å²) < 4.78 is 11.4. The first-order chi connectivity index (χ1) is 14.6. The number of fused-ring (bicyclic) bond motifs is 1. The first-order valence-electron chi connectivity index (χ1n) is 10.3. The van der Waals surface area contributed by atoms with E-state index in [4.69, 9.17) is 14.5 Å². The van der Waals surface area contributed by atoms with Gasteiger partial charge in [-0.1, -0.05) is 26.5 Å². The van der Waals surface area contributed by atoms with E-state index in [2.05, 4.69) is 36.4 Å². The molecule has 6 nitrogen and oxygen atoms in total. The van der Waals surface area contributed by atoms with Crippen molar-refractivity contribution in [1.29, 1.82) is 0 Å². The maximum atomic E-state index is 13.3. The van der Waals surface area contributed by atoms with Crippen LogP contribution in [0.4, 0.5) is 0 Å². The van der Waals surface area contributed by atoms with Gasteiger partial charge in [0.25, 0.3) is 0 Å². The topological polar surface area (TPSA) is 85.2 Å². The molecule has 0 bridgehead atoms. The van der Waals surface area contributed by atoms with Crippen molar-refractivity contribution in [1.82, 2.24) is 0 Å². The number of ether oxygens (including phenoxy) is 2. The predicted molar refractivity (Wildman–Crippen MR) is 123 cm³/mol. The lowest BCUT2D eigenvalue weighted by Crippen LogP contribution is -2.44. The molecule has 3 rings (SSSR count). The Balaban J connectivity index is 2.20. The zero-order chi connectivity index (χ0) is 22.9. The Labute approximate surface area is 191 Å². The number of allylic oxidation sites excluding steroid dienone is 1. The number of aliphatic imine (C=N–C) groups is 1. The van der Waals surface area contributed by atoms with Gasteiger partial charge in [-0.15, -0.1) is 0 Å². The highest BCUT2D eigenvalue weighted by Gasteiger charge is 2.48. The molecular weight excluding hydrogens is 462 g/mol. The summed E-state index contributed by atoms with van der Waals surface area (Å²) in [6.45, 7) is 11.7. The summed E-state index contributed by atoms with van der Waals surface area (Å²) in [6, 6.07) is 3.42. The number of ketones is 1. The molecule has 1 fully saturated rings. The summed E-state index contributed by atoms with van der Waals surface area (Å²) in [4.78, 5) is 31.0. The van der Waals surface area contributed by atoms with Crippen LogP contribution in [0.2, 0.25) is 0 Å². The minimum absolute atomic E-state index is 0.0251. The van der Waals surface area contributed by atoms with Gasteiger partial charge in [0.15, 0.2) is 11.5 Å². The van der Waals surface area contributed by atoms with E-state index in [1.165, 1.54) is 6.08 Å². The van der Waals surface area contributed by atoms with E-state index < -0.39 is 17.8 Å². The molecule has 7 heteroatoms. The Morgan fingerprint density at radius 3 is 2.71 bits per heavy atom. The van der Waals surface area contributed by atoms with Crippen molar-refractivity contribution in [2.45, 2.75) is 46.5 Å². The number of nitrogens with zero attached hydrogens (tertiary/aromatic N) is 1. The Hall–Kier alpha value is -2.41. The SMILES string of the molecule is C=CCOC(=O)C1=C(C)N=C2CC(C)(C)CC(=O)C2[C@H]1c1cc(Br)c(O)c(OCC)c1. The van der Waals surface area contributed by atoms with Crippen LogP contribution in [-0.2, 0) is 14.3 Å². The lowest BCUT2D eigenvalue weighted by Gasteiger charge is -2.41. The highest BCUT2D eigenvalue weighted by Crippen LogP contribution is 2.49. The van der Waals surface area contributed by atoms with Crippen molar-refractivity contribution in [3.05, 3.63) is 46.1 Å². The number of rotatable bonds is 6. The summed E-state index contributed by atoms with van der Waals surface area (Å²) in [5.74, 6) is -1.36. The van der Waals surface area contributed by atoms with Crippen LogP contribution in [0.1, 0.15) is 52.0 Å². The van der Waals surface area contributed by atoms with Gasteiger partial charge in [0.2, 0.25) is 0 Å². The first kappa shape index (κ1) is 23.3. The van der Waals surface area contributed by atoms with Gasteiger partial charge in [-0.2, -0.15) is 0 Å². The molecule has 0 amide bonds. The van der Waals surface area contributed by atoms with Gasteiger partial charge in [-0.25, -0.2) is 4.79 Å². The molecule has 2 atom stereocenters. The number of Topliss-reactive ketones (excluding diaryl/α,β-unsaturated/α-hetero) is 1. The molecular formula is C24H28BrNO5. The fourth-order valence-electron chi connectivity index (χ4n) is 4.47. The molecule has 31 heavy (non-hydrogen) atoms. The van der Waals surface area contributed by atoms with Crippen molar-refractivity contribution in [3.63, 3.8) is 0 Å². The molecule has 1 aromatic carbocycles. The number of hydrogen-bond acceptors (Lipinski definition) is 6. The molecule has 1 N–H and O–H groups in total. The van der Waals surface area contributed by atoms with E-state index in [-0.39, 0.29) is 29.3 Å². The van der Waals surface area contributed by atoms with Crippen LogP contribution < -0.4 is 4.74 Å². The Morgan fingerprint density at radius 2 is 2.06 bits per heavy atom. The van der Waals surface area contributed by atoms with E-state index in [9.17, 15) is 14.7 Å². The molecule has 1 heterocycles. The van der Waals surface area contributed by atoms with Crippen molar-refractivity contribution in [3.8, 4) is 11.5 Å². The van der Waals surface area contributed by atoms with Gasteiger partial charge in [-0.3, -0.25) is 9.79 Å². The minimum atomic E-state index is -0.579. The number of carbonyl (C=O) groups excluding carboxylic acids is 2. The summed E-state index contributed by atoms with van der Waals surface area (Å²) in [5.41, 5.74) is 2.17. The number of halogens is 1. The fraction of sp³-hybridized carbons (Fsp3) is 0.458. The third kappa shape index (κ3) is 4.61. The molecule has 1 aromatic rings. The summed E-state index contributed by atoms with van der Waals surface area (Å²) in [6.07, 6.45) is 2.57. The molecule has 0 saturated heterocycles. The third-order valence-corrected chi connectivity index (χ3v) is 6.23. The maximum absolute atomic E-state index is 13.3. The van der Waals surface area contributed by atoms with Crippen molar-refractivity contribution in [2.75, 3.05) is 13.2 Å². The molecule has 0 radical (unpaired) electrons. The average molecular weight is 490 g/mol. The monoisotopic (exact) mass is 489 g/mol. The zero-order valence-electron chi connectivity index (χ0n) is 18.3. The number of phenols is 1. The number of esters is 1. The van der Waals surface area contributed by atoms with E-state index in [1.807, 2.05) is 6.92 Å². The molecule has 0 aromatic heterocycles. The van der Waals surface area contributed by atoms with Gasteiger partial charge in [0.1, 0.15) is 12.4 Å². The van der Waals surface area contributed by atoms with E-state index in [0.717, 1.165) is 5.71 Å². The van der Waals surface area contributed by atoms with Crippen molar-refractivity contribution >= 4 is 33.4 Å². The van der Waals surface area contributed by atoms with Crippen LogP contribution in [0.3, 0.4) is 0 Å². The summed E-state index contributed by atoms with van der Waals surface area (Å²) in [5, 5.41) is 10.4. The number of phenolic OH excluding ortho intramolecular Hbond substituents is 1. The highest BCUT2D eigenvalue weighted by atomic mass is 79.9. The average Bonchev–Trinajstić information content (AvgIpc) is 2.67. The number of aromatic hydroxyl groups is 1. The third-order valence-electron chi connectivity index (χ3n) is 5.63. The van der Waals surface area contributed by atoms with Crippen LogP contribution in [0, 0.1) is 11.3 Å². The zero-order valence-corrected chi connectivity index (χ0v) is 19.9. The van der Waals surface area contributed by atoms with Crippen LogP contribution in [0.25, 0.3) is 0 Å². The quantitative estimate of drug-likeness (QED) is 0.443. The Morgan fingerprint density at radius 1 is 1.35 bits per heavy atom. The standard InChI is InChI=1S/C24H28BrNO5/c1-6-8-31-23(29)19-13(3)26-16-11-24(4,5)12-17(27)21(16)20(19)14-9-15(25)22(28)18(10-14)30-7-2/h6,9-10,20-21,28H,1,7-8,11-12H2,2-5H3/t20-,21?/m0/s1. The highest BCUT2D eigenvalue weighted by molar-refractivity contribution is 9.10. The van der Waals surface area contributed by atoms with Gasteiger partial charge >= 0.3 is 5.97 Å². The van der Waals surface area contributed by atoms with Crippen molar-refractivity contribution < 1.29 is 24.2 Å². The number of benzene rings is 1. The van der Waals surface area contributed by atoms with Gasteiger partial charge < -0.3 is 14.6 Å². The number of hydrogen-bond donors (Lipinski definition) is 1. The van der Waals surface area contributed by atoms with Crippen molar-refractivity contribution in [2.24, 2.45) is 16.3 Å². The van der Waals surface area contributed by atoms with Crippen LogP contribution >= 0.6 is 15.9 Å². The second-order valence-electron chi connectivity index (χ2n) is 8.71. The molecule has 1 aliphatic carbocycles. The largest absolute Gasteiger partial charge is 0.503 e. The molecule has 1 saturated carbocycles. The van der Waals surface area contributed by atoms with Gasteiger partial charge in [0, 0.05) is 23.7 Å². The molecule has 0 spiro atoms. The molecule has 1 unspecified atom stereocenters. The fourth-order valence-corrected chi connectivity index (χ4v) is 4.93. The van der Waals surface area contributed by atoms with Gasteiger partial charge in [0.05, 0.1) is 22.6 Å². The lowest BCUT2D eigenvalue weighted by molar-refractivity contribution is -0.138. The summed E-state index contributed by atoms with van der Waals surface area (Å²) >= 11 is 3.38. The van der Waals surface area contributed by atoms with E-state index >= 15 is 0 Å². The smallest absolute Gasteiger partial charge is 0.336 e. The van der Waals surface area contributed by atoms with Crippen LogP contribution in [0.15, 0.2) is 45.5 Å². The van der Waals surface area contributed by atoms with E-state index in [0.29, 0.717) is 40.8 Å². The first-order valence-corrected chi connectivity index (χ1v) is 11.1. The number of carbonyl (C=O) groups is 2. The normalized spacial score (nSPS) is 22.5. The molecule has 1 aliphatic heterocycles. The van der Waals surface area contributed by atoms with Crippen LogP contribution in [0.5, 0.6) is 11.5 Å². The predicted octanol–water partition coefficient (Wildman–Crippen LogP) is 5.10. The van der Waals surface area contributed by atoms with Gasteiger partial charge in [-0.05, 0) is 59.3 Å². The molecule has 2 aliphatic rings. The molecule has 166 valence electrons. The maximum Gasteiger partial charge on any atom is 0.336 e. The Bertz CT molecular complexity index is 992. The summed E-state index contributed by atoms with van der Waals surface area (Å²) in [7, 11) is 0. The van der Waals surface area contributed by atoms with E-state index in [1.54, 1.807) is 19.1 Å². The Kier molecular flexibility index (Phi) is 6.74. The second kappa shape index (κ2) is 8.99. The lowest BCUT2D eigenvalue weighted by atomic mass is 9.63. The minimum Gasteiger partial charge on any atom is -0.503 e.